The molecule has 2 nitrogen and oxygen atoms in total. The smallest absolute Gasteiger partial charge is 0.0835 e. The first kappa shape index (κ1) is 11.0. The molecule has 3 atom stereocenters. The van der Waals surface area contributed by atoms with Crippen molar-refractivity contribution in [3.05, 3.63) is 0 Å². The zero-order valence-electron chi connectivity index (χ0n) is 9.08. The molecule has 1 saturated carbocycles. The molecule has 13 heavy (non-hydrogen) atoms. The van der Waals surface area contributed by atoms with Crippen molar-refractivity contribution in [2.75, 3.05) is 14.2 Å². The SMILES string of the molecule is CCCC1CCC(OC)C(OC)C1. The van der Waals surface area contributed by atoms with E-state index in [1.165, 1.54) is 32.1 Å². The topological polar surface area (TPSA) is 18.5 Å². The predicted molar refractivity (Wildman–Crippen MR) is 53.8 cm³/mol. The van der Waals surface area contributed by atoms with E-state index in [0.717, 1.165) is 5.92 Å². The summed E-state index contributed by atoms with van der Waals surface area (Å²) in [6.07, 6.45) is 6.96. The van der Waals surface area contributed by atoms with Crippen molar-refractivity contribution in [3.63, 3.8) is 0 Å². The largest absolute Gasteiger partial charge is 0.379 e. The highest BCUT2D eigenvalue weighted by Gasteiger charge is 2.29. The second-order valence-electron chi connectivity index (χ2n) is 4.02. The van der Waals surface area contributed by atoms with E-state index in [9.17, 15) is 0 Å². The predicted octanol–water partition coefficient (Wildman–Crippen LogP) is 2.62. The van der Waals surface area contributed by atoms with Crippen molar-refractivity contribution < 1.29 is 9.47 Å². The molecule has 0 N–H and O–H groups in total. The van der Waals surface area contributed by atoms with Crippen LogP contribution in [0.25, 0.3) is 0 Å². The Kier molecular flexibility index (Phi) is 4.74. The lowest BCUT2D eigenvalue weighted by atomic mass is 9.83. The fourth-order valence-corrected chi connectivity index (χ4v) is 2.37. The molecule has 1 aliphatic carbocycles. The summed E-state index contributed by atoms with van der Waals surface area (Å²) in [6, 6.07) is 0. The maximum Gasteiger partial charge on any atom is 0.0835 e. The lowest BCUT2D eigenvalue weighted by Gasteiger charge is -2.34. The van der Waals surface area contributed by atoms with Crippen molar-refractivity contribution in [1.82, 2.24) is 0 Å². The van der Waals surface area contributed by atoms with Crippen molar-refractivity contribution in [2.24, 2.45) is 5.92 Å². The third-order valence-corrected chi connectivity index (χ3v) is 3.14. The van der Waals surface area contributed by atoms with Crippen LogP contribution in [0.5, 0.6) is 0 Å². The summed E-state index contributed by atoms with van der Waals surface area (Å²) < 4.78 is 10.8. The van der Waals surface area contributed by atoms with Crippen LogP contribution in [0.3, 0.4) is 0 Å². The Morgan fingerprint density at radius 1 is 1.08 bits per heavy atom. The van der Waals surface area contributed by atoms with Gasteiger partial charge in [0.1, 0.15) is 0 Å². The molecule has 78 valence electrons. The van der Waals surface area contributed by atoms with E-state index in [4.69, 9.17) is 9.47 Å². The van der Waals surface area contributed by atoms with E-state index in [0.29, 0.717) is 12.2 Å². The van der Waals surface area contributed by atoms with Crippen LogP contribution in [0, 0.1) is 5.92 Å². The van der Waals surface area contributed by atoms with Crippen LogP contribution in [0.15, 0.2) is 0 Å². The molecule has 0 bridgehead atoms. The zero-order chi connectivity index (χ0) is 9.68. The van der Waals surface area contributed by atoms with E-state index in [1.54, 1.807) is 14.2 Å². The van der Waals surface area contributed by atoms with Crippen LogP contribution in [-0.4, -0.2) is 26.4 Å². The molecular weight excluding hydrogens is 164 g/mol. The second-order valence-corrected chi connectivity index (χ2v) is 4.02. The fraction of sp³-hybridized carbons (Fsp3) is 1.00. The lowest BCUT2D eigenvalue weighted by Crippen LogP contribution is -2.36. The Labute approximate surface area is 81.6 Å². The summed E-state index contributed by atoms with van der Waals surface area (Å²) in [6.45, 7) is 2.25. The molecule has 0 heterocycles. The highest BCUT2D eigenvalue weighted by Crippen LogP contribution is 2.30. The third kappa shape index (κ3) is 2.96. The van der Waals surface area contributed by atoms with Gasteiger partial charge in [-0.1, -0.05) is 19.8 Å². The molecule has 1 fully saturated rings. The van der Waals surface area contributed by atoms with Crippen LogP contribution < -0.4 is 0 Å². The van der Waals surface area contributed by atoms with E-state index < -0.39 is 0 Å². The number of hydrogen-bond donors (Lipinski definition) is 0. The summed E-state index contributed by atoms with van der Waals surface area (Å²) in [5, 5.41) is 0. The van der Waals surface area contributed by atoms with Gasteiger partial charge < -0.3 is 9.47 Å². The summed E-state index contributed by atoms with van der Waals surface area (Å²) in [5.74, 6) is 0.862. The summed E-state index contributed by atoms with van der Waals surface area (Å²) >= 11 is 0. The minimum Gasteiger partial charge on any atom is -0.379 e. The minimum atomic E-state index is 0.329. The zero-order valence-corrected chi connectivity index (χ0v) is 9.08. The van der Waals surface area contributed by atoms with Gasteiger partial charge in [-0.25, -0.2) is 0 Å². The molecule has 0 aromatic carbocycles. The number of methoxy groups -OCH3 is 2. The molecule has 0 aromatic heterocycles. The van der Waals surface area contributed by atoms with Gasteiger partial charge >= 0.3 is 0 Å². The molecule has 3 unspecified atom stereocenters. The Morgan fingerprint density at radius 3 is 2.31 bits per heavy atom. The van der Waals surface area contributed by atoms with Crippen LogP contribution in [-0.2, 0) is 9.47 Å². The molecule has 2 heteroatoms. The number of rotatable bonds is 4. The lowest BCUT2D eigenvalue weighted by molar-refractivity contribution is -0.0711. The molecule has 0 amide bonds. The number of ether oxygens (including phenoxy) is 2. The van der Waals surface area contributed by atoms with Crippen LogP contribution in [0.1, 0.15) is 39.0 Å². The first-order chi connectivity index (χ1) is 6.31. The standard InChI is InChI=1S/C11H22O2/c1-4-5-9-6-7-10(12-2)11(8-9)13-3/h9-11H,4-8H2,1-3H3. The van der Waals surface area contributed by atoms with Gasteiger partial charge in [0.25, 0.3) is 0 Å². The highest BCUT2D eigenvalue weighted by atomic mass is 16.5. The van der Waals surface area contributed by atoms with Crippen molar-refractivity contribution >= 4 is 0 Å². The van der Waals surface area contributed by atoms with Crippen molar-refractivity contribution in [3.8, 4) is 0 Å². The van der Waals surface area contributed by atoms with Gasteiger partial charge in [-0.2, -0.15) is 0 Å². The highest BCUT2D eigenvalue weighted by molar-refractivity contribution is 4.81. The summed E-state index contributed by atoms with van der Waals surface area (Å²) in [5.41, 5.74) is 0. The maximum absolute atomic E-state index is 5.45. The average molecular weight is 186 g/mol. The normalized spacial score (nSPS) is 34.8. The quantitative estimate of drug-likeness (QED) is 0.672. The molecule has 0 aliphatic heterocycles. The monoisotopic (exact) mass is 186 g/mol. The summed E-state index contributed by atoms with van der Waals surface area (Å²) in [7, 11) is 3.59. The molecule has 0 radical (unpaired) electrons. The Hall–Kier alpha value is -0.0800. The second kappa shape index (κ2) is 5.61. The van der Waals surface area contributed by atoms with Gasteiger partial charge in [-0.3, -0.25) is 0 Å². The molecule has 0 saturated heterocycles. The van der Waals surface area contributed by atoms with Crippen molar-refractivity contribution in [1.29, 1.82) is 0 Å². The maximum atomic E-state index is 5.45. The van der Waals surface area contributed by atoms with E-state index in [2.05, 4.69) is 6.92 Å². The van der Waals surface area contributed by atoms with E-state index in [-0.39, 0.29) is 0 Å². The van der Waals surface area contributed by atoms with Crippen LogP contribution in [0.2, 0.25) is 0 Å². The first-order valence-electron chi connectivity index (χ1n) is 5.37. The third-order valence-electron chi connectivity index (χ3n) is 3.14. The van der Waals surface area contributed by atoms with Gasteiger partial charge in [-0.05, 0) is 25.2 Å². The Balaban J connectivity index is 2.38. The Morgan fingerprint density at radius 2 is 1.77 bits per heavy atom. The van der Waals surface area contributed by atoms with Gasteiger partial charge in [0.2, 0.25) is 0 Å². The van der Waals surface area contributed by atoms with Gasteiger partial charge in [-0.15, -0.1) is 0 Å². The van der Waals surface area contributed by atoms with Gasteiger partial charge in [0.05, 0.1) is 12.2 Å². The fourth-order valence-electron chi connectivity index (χ4n) is 2.37. The van der Waals surface area contributed by atoms with Crippen LogP contribution >= 0.6 is 0 Å². The summed E-state index contributed by atoms with van der Waals surface area (Å²) in [4.78, 5) is 0. The molecule has 0 aromatic rings. The Bertz CT molecular complexity index is 136. The number of hydrogen-bond acceptors (Lipinski definition) is 2. The average Bonchev–Trinajstić information content (AvgIpc) is 2.18. The van der Waals surface area contributed by atoms with E-state index in [1.807, 2.05) is 0 Å². The molecule has 1 aliphatic rings. The van der Waals surface area contributed by atoms with Crippen molar-refractivity contribution in [2.45, 2.75) is 51.2 Å². The minimum absolute atomic E-state index is 0.329. The first-order valence-corrected chi connectivity index (χ1v) is 5.37. The van der Waals surface area contributed by atoms with Crippen LogP contribution in [0.4, 0.5) is 0 Å². The molecular formula is C11H22O2. The molecule has 0 spiro atoms. The molecule has 1 rings (SSSR count). The van der Waals surface area contributed by atoms with E-state index >= 15 is 0 Å². The van der Waals surface area contributed by atoms with Gasteiger partial charge in [0.15, 0.2) is 0 Å². The van der Waals surface area contributed by atoms with Gasteiger partial charge in [0, 0.05) is 14.2 Å².